The van der Waals surface area contributed by atoms with Crippen molar-refractivity contribution in [3.8, 4) is 11.4 Å². The van der Waals surface area contributed by atoms with Gasteiger partial charge in [0.25, 0.3) is 5.69 Å². The number of rotatable bonds is 7. The van der Waals surface area contributed by atoms with E-state index >= 15 is 0 Å². The van der Waals surface area contributed by atoms with Gasteiger partial charge in [0.2, 0.25) is 17.6 Å². The van der Waals surface area contributed by atoms with Crippen LogP contribution < -0.4 is 5.32 Å². The van der Waals surface area contributed by atoms with Crippen LogP contribution in [0.25, 0.3) is 11.4 Å². The normalized spacial score (nSPS) is 11.7. The molecule has 8 nitrogen and oxygen atoms in total. The van der Waals surface area contributed by atoms with Crippen LogP contribution >= 0.6 is 0 Å². The van der Waals surface area contributed by atoms with E-state index < -0.39 is 11.0 Å². The molecule has 2 aromatic carbocycles. The number of aromatic nitrogens is 2. The van der Waals surface area contributed by atoms with E-state index in [1.165, 1.54) is 12.1 Å². The largest absolute Gasteiger partial charge is 0.345 e. The molecule has 1 amide bonds. The Morgan fingerprint density at radius 1 is 1.19 bits per heavy atom. The lowest BCUT2D eigenvalue weighted by Crippen LogP contribution is -2.27. The van der Waals surface area contributed by atoms with Gasteiger partial charge in [0.05, 0.1) is 4.92 Å². The van der Waals surface area contributed by atoms with Crippen molar-refractivity contribution in [2.24, 2.45) is 0 Å². The van der Waals surface area contributed by atoms with E-state index in [4.69, 9.17) is 4.52 Å². The van der Waals surface area contributed by atoms with Crippen molar-refractivity contribution >= 4 is 11.6 Å². The first-order chi connectivity index (χ1) is 13.0. The van der Waals surface area contributed by atoms with Crippen LogP contribution in [0.4, 0.5) is 5.69 Å². The summed E-state index contributed by atoms with van der Waals surface area (Å²) in [4.78, 5) is 26.6. The average Bonchev–Trinajstić information content (AvgIpc) is 3.18. The Bertz CT molecular complexity index is 922. The quantitative estimate of drug-likeness (QED) is 0.506. The molecule has 1 N–H and O–H groups in total. The number of benzene rings is 2. The van der Waals surface area contributed by atoms with Gasteiger partial charge in [0.15, 0.2) is 0 Å². The van der Waals surface area contributed by atoms with Gasteiger partial charge in [0, 0.05) is 24.1 Å². The molecule has 0 fully saturated rings. The summed E-state index contributed by atoms with van der Waals surface area (Å²) in [5, 5.41) is 17.4. The van der Waals surface area contributed by atoms with Crippen molar-refractivity contribution < 1.29 is 14.2 Å². The van der Waals surface area contributed by atoms with Crippen LogP contribution in [0.15, 0.2) is 59.1 Å². The minimum Gasteiger partial charge on any atom is -0.345 e. The summed E-state index contributed by atoms with van der Waals surface area (Å²) in [6.45, 7) is 1.76. The van der Waals surface area contributed by atoms with Gasteiger partial charge in [-0.1, -0.05) is 35.5 Å². The molecule has 1 aromatic heterocycles. The molecule has 0 bridgehead atoms. The third-order valence-corrected chi connectivity index (χ3v) is 4.01. The summed E-state index contributed by atoms with van der Waals surface area (Å²) in [5.74, 6) is 0.475. The second-order valence-corrected chi connectivity index (χ2v) is 6.04. The highest BCUT2D eigenvalue weighted by Gasteiger charge is 2.18. The molecule has 0 saturated carbocycles. The average molecular weight is 366 g/mol. The molecule has 0 radical (unpaired) electrons. The Morgan fingerprint density at radius 2 is 1.89 bits per heavy atom. The van der Waals surface area contributed by atoms with E-state index in [-0.39, 0.29) is 17.5 Å². The van der Waals surface area contributed by atoms with Crippen molar-refractivity contribution in [1.29, 1.82) is 0 Å². The summed E-state index contributed by atoms with van der Waals surface area (Å²) in [6.07, 6.45) is 1.01. The van der Waals surface area contributed by atoms with E-state index in [2.05, 4.69) is 15.5 Å². The maximum atomic E-state index is 12.1. The standard InChI is InChI=1S/C19H18N4O4/c1-13(20-17(24)12-7-14-5-3-2-4-6-14)19-21-18(22-27-19)15-8-10-16(11-9-15)23(25)26/h2-6,8-11,13H,7,12H2,1H3,(H,20,24). The lowest BCUT2D eigenvalue weighted by Gasteiger charge is -2.09. The number of nitrogens with one attached hydrogen (secondary N) is 1. The van der Waals surface area contributed by atoms with Gasteiger partial charge in [-0.3, -0.25) is 14.9 Å². The summed E-state index contributed by atoms with van der Waals surface area (Å²) >= 11 is 0. The van der Waals surface area contributed by atoms with Gasteiger partial charge < -0.3 is 9.84 Å². The van der Waals surface area contributed by atoms with Crippen molar-refractivity contribution in [3.63, 3.8) is 0 Å². The topological polar surface area (TPSA) is 111 Å². The van der Waals surface area contributed by atoms with Gasteiger partial charge in [0.1, 0.15) is 6.04 Å². The Morgan fingerprint density at radius 3 is 2.56 bits per heavy atom. The zero-order chi connectivity index (χ0) is 19.2. The van der Waals surface area contributed by atoms with E-state index in [1.54, 1.807) is 19.1 Å². The van der Waals surface area contributed by atoms with Gasteiger partial charge in [-0.15, -0.1) is 0 Å². The Labute approximate surface area is 155 Å². The fourth-order valence-electron chi connectivity index (χ4n) is 2.54. The zero-order valence-electron chi connectivity index (χ0n) is 14.7. The molecule has 8 heteroatoms. The number of nitrogens with zero attached hydrogens (tertiary/aromatic N) is 3. The molecule has 0 saturated heterocycles. The Kier molecular flexibility index (Phi) is 5.55. The molecule has 0 aliphatic heterocycles. The summed E-state index contributed by atoms with van der Waals surface area (Å²) < 4.78 is 5.21. The zero-order valence-corrected chi connectivity index (χ0v) is 14.7. The van der Waals surface area contributed by atoms with Gasteiger partial charge >= 0.3 is 0 Å². The Hall–Kier alpha value is -3.55. The number of carbonyl (C=O) groups is 1. The van der Waals surface area contributed by atoms with Crippen LogP contribution in [0.2, 0.25) is 0 Å². The minimum atomic E-state index is -0.474. The molecule has 3 aromatic rings. The lowest BCUT2D eigenvalue weighted by molar-refractivity contribution is -0.384. The second-order valence-electron chi connectivity index (χ2n) is 6.04. The molecule has 3 rings (SSSR count). The third-order valence-electron chi connectivity index (χ3n) is 4.01. The number of carbonyl (C=O) groups excluding carboxylic acids is 1. The van der Waals surface area contributed by atoms with E-state index in [0.29, 0.717) is 24.2 Å². The predicted molar refractivity (Wildman–Crippen MR) is 97.7 cm³/mol. The van der Waals surface area contributed by atoms with Crippen molar-refractivity contribution in [3.05, 3.63) is 76.2 Å². The summed E-state index contributed by atoms with van der Waals surface area (Å²) in [6, 6.07) is 15.2. The number of hydrogen-bond acceptors (Lipinski definition) is 6. The highest BCUT2D eigenvalue weighted by molar-refractivity contribution is 5.76. The summed E-state index contributed by atoms with van der Waals surface area (Å²) in [7, 11) is 0. The molecule has 1 atom stereocenters. The van der Waals surface area contributed by atoms with Crippen LogP contribution in [0, 0.1) is 10.1 Å². The first-order valence-corrected chi connectivity index (χ1v) is 8.44. The molecule has 1 heterocycles. The highest BCUT2D eigenvalue weighted by atomic mass is 16.6. The van der Waals surface area contributed by atoms with Gasteiger partial charge in [-0.2, -0.15) is 4.98 Å². The molecule has 138 valence electrons. The maximum absolute atomic E-state index is 12.1. The SMILES string of the molecule is CC(NC(=O)CCc1ccccc1)c1nc(-c2ccc([N+](=O)[O-])cc2)no1. The molecule has 27 heavy (non-hydrogen) atoms. The summed E-state index contributed by atoms with van der Waals surface area (Å²) in [5.41, 5.74) is 1.68. The van der Waals surface area contributed by atoms with Crippen LogP contribution in [-0.4, -0.2) is 21.0 Å². The molecule has 0 aliphatic rings. The number of nitro benzene ring substituents is 1. The maximum Gasteiger partial charge on any atom is 0.269 e. The van der Waals surface area contributed by atoms with Crippen LogP contribution in [0.1, 0.15) is 30.8 Å². The number of non-ortho nitro benzene ring substituents is 1. The predicted octanol–water partition coefficient (Wildman–Crippen LogP) is 3.45. The lowest BCUT2D eigenvalue weighted by atomic mass is 10.1. The van der Waals surface area contributed by atoms with E-state index in [1.807, 2.05) is 30.3 Å². The molecule has 0 aliphatic carbocycles. The number of amides is 1. The van der Waals surface area contributed by atoms with Crippen molar-refractivity contribution in [2.45, 2.75) is 25.8 Å². The van der Waals surface area contributed by atoms with Crippen molar-refractivity contribution in [2.75, 3.05) is 0 Å². The van der Waals surface area contributed by atoms with Gasteiger partial charge in [-0.25, -0.2) is 0 Å². The molecular weight excluding hydrogens is 348 g/mol. The van der Waals surface area contributed by atoms with E-state index in [9.17, 15) is 14.9 Å². The highest BCUT2D eigenvalue weighted by Crippen LogP contribution is 2.21. The number of nitro groups is 1. The third kappa shape index (κ3) is 4.75. The smallest absolute Gasteiger partial charge is 0.269 e. The number of hydrogen-bond donors (Lipinski definition) is 1. The second kappa shape index (κ2) is 8.22. The van der Waals surface area contributed by atoms with Crippen molar-refractivity contribution in [1.82, 2.24) is 15.5 Å². The Balaban J connectivity index is 1.58. The first kappa shape index (κ1) is 18.2. The van der Waals surface area contributed by atoms with Gasteiger partial charge in [-0.05, 0) is 31.0 Å². The van der Waals surface area contributed by atoms with Crippen LogP contribution in [0.5, 0.6) is 0 Å². The minimum absolute atomic E-state index is 0.0125. The fourth-order valence-corrected chi connectivity index (χ4v) is 2.54. The molecule has 0 spiro atoms. The van der Waals surface area contributed by atoms with Crippen LogP contribution in [-0.2, 0) is 11.2 Å². The molecule has 1 unspecified atom stereocenters. The fraction of sp³-hybridized carbons (Fsp3) is 0.211. The molecular formula is C19H18N4O4. The number of aryl methyl sites for hydroxylation is 1. The van der Waals surface area contributed by atoms with Crippen LogP contribution in [0.3, 0.4) is 0 Å². The van der Waals surface area contributed by atoms with E-state index in [0.717, 1.165) is 5.56 Å². The monoisotopic (exact) mass is 366 g/mol. The first-order valence-electron chi connectivity index (χ1n) is 8.44.